The van der Waals surface area contributed by atoms with Crippen molar-refractivity contribution in [3.05, 3.63) is 53.6 Å². The van der Waals surface area contributed by atoms with E-state index in [9.17, 15) is 31.2 Å². The first kappa shape index (κ1) is 32.7. The van der Waals surface area contributed by atoms with Crippen molar-refractivity contribution in [2.75, 3.05) is 55.4 Å². The van der Waals surface area contributed by atoms with E-state index in [1.54, 1.807) is 49.4 Å². The molecule has 2 aromatic rings. The molecular formula is C27H34F3N5O6S. The van der Waals surface area contributed by atoms with Gasteiger partial charge >= 0.3 is 12.1 Å². The highest BCUT2D eigenvalue weighted by molar-refractivity contribution is 7.92. The Labute approximate surface area is 242 Å². The number of anilines is 2. The zero-order chi connectivity index (χ0) is 30.9. The maximum Gasteiger partial charge on any atom is 0.490 e. The van der Waals surface area contributed by atoms with E-state index in [4.69, 9.17) is 9.90 Å². The summed E-state index contributed by atoms with van der Waals surface area (Å²) >= 11 is 0. The lowest BCUT2D eigenvalue weighted by atomic mass is 10.1. The largest absolute Gasteiger partial charge is 0.490 e. The first-order valence-electron chi connectivity index (χ1n) is 13.3. The number of piperazine rings is 1. The van der Waals surface area contributed by atoms with Gasteiger partial charge in [-0.2, -0.15) is 13.2 Å². The lowest BCUT2D eigenvalue weighted by Gasteiger charge is -2.31. The number of aliphatic carboxylic acids is 1. The van der Waals surface area contributed by atoms with Crippen LogP contribution in [0.2, 0.25) is 0 Å². The number of rotatable bonds is 9. The fraction of sp³-hybridized carbons (Fsp3) is 0.444. The molecular weight excluding hydrogens is 579 g/mol. The Morgan fingerprint density at radius 2 is 1.74 bits per heavy atom. The van der Waals surface area contributed by atoms with Crippen LogP contribution in [0.3, 0.4) is 0 Å². The Kier molecular flexibility index (Phi) is 11.2. The molecule has 4 N–H and O–H groups in total. The molecule has 2 aromatic carbocycles. The van der Waals surface area contributed by atoms with E-state index in [1.165, 1.54) is 0 Å². The lowest BCUT2D eigenvalue weighted by Crippen LogP contribution is -2.43. The van der Waals surface area contributed by atoms with Gasteiger partial charge in [0.25, 0.3) is 15.9 Å². The van der Waals surface area contributed by atoms with Crippen LogP contribution >= 0.6 is 0 Å². The van der Waals surface area contributed by atoms with Gasteiger partial charge in [-0.25, -0.2) is 13.2 Å². The van der Waals surface area contributed by atoms with Crippen LogP contribution < -0.4 is 20.3 Å². The number of carboxylic acid groups (broad SMARTS) is 1. The number of nitrogens with one attached hydrogen (secondary N) is 3. The van der Waals surface area contributed by atoms with Crippen molar-refractivity contribution >= 4 is 39.2 Å². The third kappa shape index (κ3) is 9.08. The van der Waals surface area contributed by atoms with Gasteiger partial charge in [-0.15, -0.1) is 0 Å². The summed E-state index contributed by atoms with van der Waals surface area (Å²) in [5.74, 6) is -2.86. The Morgan fingerprint density at radius 3 is 2.33 bits per heavy atom. The number of aryl methyl sites for hydroxylation is 1. The van der Waals surface area contributed by atoms with E-state index in [1.807, 2.05) is 4.90 Å². The minimum absolute atomic E-state index is 0.172. The second-order valence-corrected chi connectivity index (χ2v) is 11.4. The van der Waals surface area contributed by atoms with Crippen LogP contribution in [0.5, 0.6) is 0 Å². The van der Waals surface area contributed by atoms with E-state index in [-0.39, 0.29) is 16.7 Å². The normalized spacial score (nSPS) is 15.6. The molecule has 0 atom stereocenters. The van der Waals surface area contributed by atoms with Crippen LogP contribution in [0.15, 0.2) is 47.4 Å². The van der Waals surface area contributed by atoms with Gasteiger partial charge in [-0.05, 0) is 49.6 Å². The molecule has 0 bridgehead atoms. The summed E-state index contributed by atoms with van der Waals surface area (Å²) < 4.78 is 60.9. The summed E-state index contributed by atoms with van der Waals surface area (Å²) in [6, 6.07) is 12.0. The number of hydrogen-bond acceptors (Lipinski definition) is 7. The molecule has 2 saturated heterocycles. The maximum absolute atomic E-state index is 13.2. The molecule has 0 radical (unpaired) electrons. The number of alkyl halides is 3. The number of halogens is 3. The summed E-state index contributed by atoms with van der Waals surface area (Å²) in [6.07, 6.45) is -2.91. The Balaban J connectivity index is 0.000000616. The highest BCUT2D eigenvalue weighted by atomic mass is 32.2. The van der Waals surface area contributed by atoms with Crippen molar-refractivity contribution in [3.63, 3.8) is 0 Å². The number of hydrogen-bond donors (Lipinski definition) is 4. The van der Waals surface area contributed by atoms with Crippen molar-refractivity contribution in [2.45, 2.75) is 37.3 Å². The van der Waals surface area contributed by atoms with Gasteiger partial charge in [0, 0.05) is 57.8 Å². The van der Waals surface area contributed by atoms with Crippen LogP contribution in [0, 0.1) is 6.92 Å². The fourth-order valence-electron chi connectivity index (χ4n) is 4.51. The average Bonchev–Trinajstić information content (AvgIpc) is 3.35. The minimum Gasteiger partial charge on any atom is -0.475 e. The van der Waals surface area contributed by atoms with E-state index in [0.29, 0.717) is 42.7 Å². The second kappa shape index (κ2) is 14.4. The van der Waals surface area contributed by atoms with Crippen LogP contribution in [0.25, 0.3) is 0 Å². The molecule has 2 heterocycles. The molecule has 0 unspecified atom stereocenters. The van der Waals surface area contributed by atoms with Crippen LogP contribution in [0.4, 0.5) is 24.5 Å². The minimum atomic E-state index is -5.08. The van der Waals surface area contributed by atoms with Gasteiger partial charge in [0.05, 0.1) is 16.3 Å². The van der Waals surface area contributed by atoms with Crippen molar-refractivity contribution < 1.29 is 41.1 Å². The number of carbonyl (C=O) groups excluding carboxylic acids is 2. The smallest absolute Gasteiger partial charge is 0.475 e. The second-order valence-electron chi connectivity index (χ2n) is 9.74. The van der Waals surface area contributed by atoms with Crippen LogP contribution in [0.1, 0.15) is 35.2 Å². The van der Waals surface area contributed by atoms with E-state index >= 15 is 0 Å². The predicted molar refractivity (Wildman–Crippen MR) is 150 cm³/mol. The van der Waals surface area contributed by atoms with Gasteiger partial charge in [-0.1, -0.05) is 18.2 Å². The number of carbonyl (C=O) groups is 3. The molecule has 2 amide bonds. The molecule has 2 aliphatic rings. The SMILES string of the molecule is Cc1ccccc1S(=O)(=O)Nc1cc(C(=O)NCCCN2CCCC2=O)ccc1N1CCNCC1.O=C(O)C(F)(F)F. The van der Waals surface area contributed by atoms with Gasteiger partial charge < -0.3 is 25.5 Å². The molecule has 0 spiro atoms. The molecule has 2 fully saturated rings. The number of likely N-dealkylation sites (tertiary alicyclic amines) is 1. The Morgan fingerprint density at radius 1 is 1.07 bits per heavy atom. The zero-order valence-electron chi connectivity index (χ0n) is 23.0. The summed E-state index contributed by atoms with van der Waals surface area (Å²) in [6.45, 7) is 6.67. The van der Waals surface area contributed by atoms with E-state index in [0.717, 1.165) is 44.8 Å². The summed E-state index contributed by atoms with van der Waals surface area (Å²) in [5, 5.41) is 13.3. The Bertz CT molecular complexity index is 1380. The van der Waals surface area contributed by atoms with Gasteiger partial charge in [0.2, 0.25) is 5.91 Å². The van der Waals surface area contributed by atoms with Crippen molar-refractivity contribution in [2.24, 2.45) is 0 Å². The molecule has 0 aliphatic carbocycles. The Hall–Kier alpha value is -3.85. The van der Waals surface area contributed by atoms with Crippen molar-refractivity contribution in [3.8, 4) is 0 Å². The van der Waals surface area contributed by atoms with Crippen molar-refractivity contribution in [1.29, 1.82) is 0 Å². The van der Waals surface area contributed by atoms with Gasteiger partial charge in [0.15, 0.2) is 0 Å². The lowest BCUT2D eigenvalue weighted by molar-refractivity contribution is -0.192. The first-order valence-corrected chi connectivity index (χ1v) is 14.8. The topological polar surface area (TPSA) is 148 Å². The number of nitrogens with zero attached hydrogens (tertiary/aromatic N) is 2. The zero-order valence-corrected chi connectivity index (χ0v) is 23.9. The number of sulfonamides is 1. The highest BCUT2D eigenvalue weighted by Crippen LogP contribution is 2.30. The van der Waals surface area contributed by atoms with Crippen LogP contribution in [-0.4, -0.2) is 88.2 Å². The molecule has 0 saturated carbocycles. The fourth-order valence-corrected chi connectivity index (χ4v) is 5.83. The van der Waals surface area contributed by atoms with E-state index < -0.39 is 22.2 Å². The average molecular weight is 614 g/mol. The first-order chi connectivity index (χ1) is 19.8. The summed E-state index contributed by atoms with van der Waals surface area (Å²) in [5.41, 5.74) is 2.15. The van der Waals surface area contributed by atoms with Gasteiger partial charge in [0.1, 0.15) is 0 Å². The number of amides is 2. The molecule has 230 valence electrons. The predicted octanol–water partition coefficient (Wildman–Crippen LogP) is 2.58. The molecule has 0 aromatic heterocycles. The third-order valence-corrected chi connectivity index (χ3v) is 8.17. The monoisotopic (exact) mass is 613 g/mol. The molecule has 15 heteroatoms. The standard InChI is InChI=1S/C25H33N5O4S.C2HF3O2/c1-19-6-2-3-7-23(19)35(33,34)28-21-18-20(9-10-22(21)29-16-12-26-13-17-29)25(32)27-11-5-15-30-14-4-8-24(30)31;3-2(4,5)1(6)7/h2-3,6-7,9-10,18,26,28H,4-5,8,11-17H2,1H3,(H,27,32);(H,6,7). The van der Waals surface area contributed by atoms with Gasteiger partial charge in [-0.3, -0.25) is 14.3 Å². The molecule has 42 heavy (non-hydrogen) atoms. The highest BCUT2D eigenvalue weighted by Gasteiger charge is 2.38. The quantitative estimate of drug-likeness (QED) is 0.316. The summed E-state index contributed by atoms with van der Waals surface area (Å²) in [7, 11) is -3.84. The molecule has 11 nitrogen and oxygen atoms in total. The van der Waals surface area contributed by atoms with E-state index in [2.05, 4.69) is 20.3 Å². The number of benzene rings is 2. The maximum atomic E-state index is 13.2. The molecule has 2 aliphatic heterocycles. The third-order valence-electron chi connectivity index (χ3n) is 6.65. The molecule has 4 rings (SSSR count). The van der Waals surface area contributed by atoms with Crippen molar-refractivity contribution in [1.82, 2.24) is 15.5 Å². The summed E-state index contributed by atoms with van der Waals surface area (Å²) in [4.78, 5) is 37.6. The van der Waals surface area contributed by atoms with Crippen LogP contribution in [-0.2, 0) is 19.6 Å². The number of carboxylic acids is 1.